The summed E-state index contributed by atoms with van der Waals surface area (Å²) in [5.41, 5.74) is -0.182. The number of imide groups is 1. The lowest BCUT2D eigenvalue weighted by Crippen LogP contribution is -2.47. The highest BCUT2D eigenvalue weighted by Crippen LogP contribution is 2.41. The maximum Gasteiger partial charge on any atom is 0.331 e. The second kappa shape index (κ2) is 7.65. The van der Waals surface area contributed by atoms with Gasteiger partial charge in [0.25, 0.3) is 0 Å². The van der Waals surface area contributed by atoms with Crippen molar-refractivity contribution in [1.82, 2.24) is 0 Å². The molecule has 3 rings (SSSR count). The van der Waals surface area contributed by atoms with Crippen molar-refractivity contribution < 1.29 is 19.1 Å². The Bertz CT molecular complexity index is 947. The van der Waals surface area contributed by atoms with Gasteiger partial charge in [0.2, 0.25) is 11.8 Å². The van der Waals surface area contributed by atoms with E-state index in [1.165, 1.54) is 0 Å². The number of para-hydroxylation sites is 1. The quantitative estimate of drug-likeness (QED) is 0.591. The third-order valence-electron chi connectivity index (χ3n) is 4.96. The Balaban J connectivity index is 2.12. The molecular weight excluding hydrogens is 356 g/mol. The molecular formula is C22H20N2O4. The second-order valence-electron chi connectivity index (χ2n) is 6.67. The van der Waals surface area contributed by atoms with Crippen molar-refractivity contribution in [2.75, 3.05) is 11.5 Å². The highest BCUT2D eigenvalue weighted by molar-refractivity contribution is 6.22. The van der Waals surface area contributed by atoms with Crippen LogP contribution in [0.15, 0.2) is 54.6 Å². The molecule has 1 heterocycles. The minimum atomic E-state index is -1.89. The Kier molecular flexibility index (Phi) is 5.27. The summed E-state index contributed by atoms with van der Waals surface area (Å²) in [6.07, 6.45) is -0.242. The molecule has 0 saturated carbocycles. The van der Waals surface area contributed by atoms with Crippen LogP contribution in [0, 0.1) is 24.2 Å². The lowest BCUT2D eigenvalue weighted by molar-refractivity contribution is -0.151. The Morgan fingerprint density at radius 1 is 1.18 bits per heavy atom. The van der Waals surface area contributed by atoms with Crippen molar-refractivity contribution in [3.8, 4) is 6.07 Å². The lowest BCUT2D eigenvalue weighted by Gasteiger charge is -2.29. The smallest absolute Gasteiger partial charge is 0.331 e. The van der Waals surface area contributed by atoms with Crippen molar-refractivity contribution in [3.05, 3.63) is 65.7 Å². The van der Waals surface area contributed by atoms with Crippen LogP contribution in [0.4, 0.5) is 5.69 Å². The van der Waals surface area contributed by atoms with Crippen molar-refractivity contribution in [2.45, 2.75) is 25.7 Å². The summed E-state index contributed by atoms with van der Waals surface area (Å²) in [5, 5.41) is 10.1. The van der Waals surface area contributed by atoms with E-state index in [0.717, 1.165) is 10.5 Å². The number of ether oxygens (including phenoxy) is 1. The fourth-order valence-electron chi connectivity index (χ4n) is 3.53. The predicted octanol–water partition coefficient (Wildman–Crippen LogP) is 2.90. The Labute approximate surface area is 163 Å². The molecule has 2 aromatic carbocycles. The van der Waals surface area contributed by atoms with Crippen LogP contribution >= 0.6 is 0 Å². The highest BCUT2D eigenvalue weighted by atomic mass is 16.5. The highest BCUT2D eigenvalue weighted by Gasteiger charge is 2.58. The number of carbonyl (C=O) groups is 3. The SMILES string of the molecule is CCOC(=O)[C@](C#N)(c1ccc(C)cc1)[C@@H]1CC(=O)N(c2ccccc2)C1=O. The topological polar surface area (TPSA) is 87.5 Å². The number of benzene rings is 2. The number of amides is 2. The third kappa shape index (κ3) is 3.05. The maximum absolute atomic E-state index is 13.2. The summed E-state index contributed by atoms with van der Waals surface area (Å²) in [6, 6.07) is 17.3. The molecule has 2 amide bonds. The summed E-state index contributed by atoms with van der Waals surface area (Å²) in [5.74, 6) is -3.00. The van der Waals surface area contributed by atoms with E-state index in [2.05, 4.69) is 0 Å². The van der Waals surface area contributed by atoms with Gasteiger partial charge in [-0.3, -0.25) is 14.5 Å². The van der Waals surface area contributed by atoms with Gasteiger partial charge >= 0.3 is 5.97 Å². The fourth-order valence-corrected chi connectivity index (χ4v) is 3.53. The van der Waals surface area contributed by atoms with Gasteiger partial charge in [0.15, 0.2) is 5.41 Å². The summed E-state index contributed by atoms with van der Waals surface area (Å²) in [4.78, 5) is 39.9. The van der Waals surface area contributed by atoms with Crippen molar-refractivity contribution in [3.63, 3.8) is 0 Å². The molecule has 0 aliphatic carbocycles. The van der Waals surface area contributed by atoms with Crippen LogP contribution < -0.4 is 4.90 Å². The fraction of sp³-hybridized carbons (Fsp3) is 0.273. The van der Waals surface area contributed by atoms with Crippen molar-refractivity contribution in [1.29, 1.82) is 5.26 Å². The van der Waals surface area contributed by atoms with Gasteiger partial charge in [0.1, 0.15) is 0 Å². The zero-order valence-corrected chi connectivity index (χ0v) is 15.7. The van der Waals surface area contributed by atoms with Crippen LogP contribution in [0.2, 0.25) is 0 Å². The number of carbonyl (C=O) groups excluding carboxylic acids is 3. The van der Waals surface area contributed by atoms with Crippen LogP contribution in [0.25, 0.3) is 0 Å². The Morgan fingerprint density at radius 3 is 2.39 bits per heavy atom. The standard InChI is InChI=1S/C22H20N2O4/c1-3-28-21(27)22(14-23,16-11-9-15(2)10-12-16)18-13-19(25)24(20(18)26)17-7-5-4-6-8-17/h4-12,18H,3,13H2,1-2H3/t18-,22-/m1/s1. The molecule has 1 fully saturated rings. The van der Waals surface area contributed by atoms with Gasteiger partial charge in [-0.1, -0.05) is 48.0 Å². The first-order chi connectivity index (χ1) is 13.5. The van der Waals surface area contributed by atoms with Gasteiger partial charge in [0, 0.05) is 6.42 Å². The molecule has 0 unspecified atom stereocenters. The number of anilines is 1. The second-order valence-corrected chi connectivity index (χ2v) is 6.67. The molecule has 1 saturated heterocycles. The number of nitrogens with zero attached hydrogens (tertiary/aromatic N) is 2. The van der Waals surface area contributed by atoms with E-state index < -0.39 is 29.1 Å². The largest absolute Gasteiger partial charge is 0.465 e. The van der Waals surface area contributed by atoms with E-state index >= 15 is 0 Å². The van der Waals surface area contributed by atoms with Gasteiger partial charge in [-0.15, -0.1) is 0 Å². The molecule has 0 spiro atoms. The molecule has 0 radical (unpaired) electrons. The first kappa shape index (κ1) is 19.3. The predicted molar refractivity (Wildman–Crippen MR) is 102 cm³/mol. The van der Waals surface area contributed by atoms with Crippen molar-refractivity contribution in [2.24, 2.45) is 5.92 Å². The van der Waals surface area contributed by atoms with E-state index in [1.807, 2.05) is 13.0 Å². The van der Waals surface area contributed by atoms with Crippen LogP contribution in [0.1, 0.15) is 24.5 Å². The molecule has 0 bridgehead atoms. The van der Waals surface area contributed by atoms with Gasteiger partial charge in [-0.05, 0) is 31.5 Å². The number of hydrogen-bond acceptors (Lipinski definition) is 5. The first-order valence-corrected chi connectivity index (χ1v) is 9.03. The molecule has 0 aromatic heterocycles. The first-order valence-electron chi connectivity index (χ1n) is 9.03. The summed E-state index contributed by atoms with van der Waals surface area (Å²) < 4.78 is 5.18. The average molecular weight is 376 g/mol. The van der Waals surface area contributed by atoms with Gasteiger partial charge in [-0.25, -0.2) is 4.79 Å². The number of hydrogen-bond donors (Lipinski definition) is 0. The van der Waals surface area contributed by atoms with E-state index in [9.17, 15) is 19.6 Å². The van der Waals surface area contributed by atoms with Crippen molar-refractivity contribution >= 4 is 23.5 Å². The summed E-state index contributed by atoms with van der Waals surface area (Å²) in [6.45, 7) is 3.57. The normalized spacial score (nSPS) is 18.5. The van der Waals surface area contributed by atoms with Crippen LogP contribution in [-0.4, -0.2) is 24.4 Å². The van der Waals surface area contributed by atoms with E-state index in [-0.39, 0.29) is 13.0 Å². The molecule has 6 nitrogen and oxygen atoms in total. The molecule has 0 N–H and O–H groups in total. The van der Waals surface area contributed by atoms with Gasteiger partial charge in [-0.2, -0.15) is 5.26 Å². The number of nitriles is 1. The zero-order valence-electron chi connectivity index (χ0n) is 15.7. The lowest BCUT2D eigenvalue weighted by atomic mass is 9.70. The molecule has 2 atom stereocenters. The average Bonchev–Trinajstić information content (AvgIpc) is 2.99. The molecule has 28 heavy (non-hydrogen) atoms. The molecule has 1 aliphatic rings. The van der Waals surface area contributed by atoms with Crippen LogP contribution in [0.5, 0.6) is 0 Å². The molecule has 1 aliphatic heterocycles. The van der Waals surface area contributed by atoms with E-state index in [4.69, 9.17) is 4.74 Å². The molecule has 142 valence electrons. The minimum Gasteiger partial charge on any atom is -0.465 e. The number of rotatable bonds is 5. The van der Waals surface area contributed by atoms with Crippen LogP contribution in [-0.2, 0) is 24.5 Å². The van der Waals surface area contributed by atoms with Gasteiger partial charge in [0.05, 0.1) is 24.3 Å². The molecule has 6 heteroatoms. The molecule has 2 aromatic rings. The minimum absolute atomic E-state index is 0.0609. The number of aryl methyl sites for hydroxylation is 1. The maximum atomic E-state index is 13.2. The monoisotopic (exact) mass is 376 g/mol. The summed E-state index contributed by atoms with van der Waals surface area (Å²) >= 11 is 0. The Morgan fingerprint density at radius 2 is 1.82 bits per heavy atom. The third-order valence-corrected chi connectivity index (χ3v) is 4.96. The summed E-state index contributed by atoms with van der Waals surface area (Å²) in [7, 11) is 0. The van der Waals surface area contributed by atoms with Gasteiger partial charge < -0.3 is 4.74 Å². The van der Waals surface area contributed by atoms with Crippen LogP contribution in [0.3, 0.4) is 0 Å². The Hall–Kier alpha value is -3.46. The zero-order chi connectivity index (χ0) is 20.3. The number of esters is 1. The van der Waals surface area contributed by atoms with E-state index in [1.54, 1.807) is 61.5 Å². The van der Waals surface area contributed by atoms with E-state index in [0.29, 0.717) is 11.3 Å².